The molecule has 19 heavy (non-hydrogen) atoms. The molecule has 1 N–H and O–H groups in total. The maximum Gasteiger partial charge on any atom is 0.243 e. The van der Waals surface area contributed by atoms with Gasteiger partial charge in [-0.3, -0.25) is 10.1 Å². The van der Waals surface area contributed by atoms with Gasteiger partial charge in [-0.05, 0) is 19.3 Å². The number of rotatable bonds is 8. The third-order valence-electron chi connectivity index (χ3n) is 3.78. The minimum absolute atomic E-state index is 0.100. The Kier molecular flexibility index (Phi) is 6.23. The molecule has 1 aliphatic rings. The van der Waals surface area contributed by atoms with E-state index in [-0.39, 0.29) is 12.1 Å². The van der Waals surface area contributed by atoms with Crippen LogP contribution in [0.2, 0.25) is 0 Å². The van der Waals surface area contributed by atoms with Gasteiger partial charge >= 0.3 is 0 Å². The summed E-state index contributed by atoms with van der Waals surface area (Å²) in [5, 5.41) is 3.46. The summed E-state index contributed by atoms with van der Waals surface area (Å²) in [6, 6.07) is 0. The molecule has 112 valence electrons. The van der Waals surface area contributed by atoms with Crippen LogP contribution in [0.15, 0.2) is 0 Å². The molecule has 1 aliphatic heterocycles. The molecule has 1 rings (SSSR count). The fourth-order valence-electron chi connectivity index (χ4n) is 2.34. The van der Waals surface area contributed by atoms with E-state index in [1.165, 1.54) is 0 Å². The molecule has 5 nitrogen and oxygen atoms in total. The van der Waals surface area contributed by atoms with Gasteiger partial charge < -0.3 is 14.4 Å². The van der Waals surface area contributed by atoms with E-state index in [0.29, 0.717) is 32.3 Å². The number of hydrogen-bond acceptors (Lipinski definition) is 4. The lowest BCUT2D eigenvalue weighted by molar-refractivity contribution is -0.134. The van der Waals surface area contributed by atoms with Gasteiger partial charge in [0, 0.05) is 13.7 Å². The molecule has 0 aromatic rings. The summed E-state index contributed by atoms with van der Waals surface area (Å²) in [4.78, 5) is 14.4. The molecule has 0 radical (unpaired) electrons. The highest BCUT2D eigenvalue weighted by molar-refractivity contribution is 5.88. The molecule has 0 saturated carbocycles. The highest BCUT2D eigenvalue weighted by Crippen LogP contribution is 2.26. The maximum atomic E-state index is 12.5. The van der Waals surface area contributed by atoms with Gasteiger partial charge in [0.1, 0.15) is 0 Å². The van der Waals surface area contributed by atoms with Crippen LogP contribution in [-0.2, 0) is 14.3 Å². The van der Waals surface area contributed by atoms with Gasteiger partial charge in [-0.2, -0.15) is 0 Å². The van der Waals surface area contributed by atoms with E-state index in [2.05, 4.69) is 19.2 Å². The molecule has 0 aliphatic carbocycles. The number of carbonyl (C=O) groups excluding carboxylic acids is 1. The Labute approximate surface area is 116 Å². The van der Waals surface area contributed by atoms with Gasteiger partial charge in [-0.25, -0.2) is 0 Å². The number of carbonyl (C=O) groups is 1. The van der Waals surface area contributed by atoms with E-state index in [9.17, 15) is 4.79 Å². The molecule has 1 amide bonds. The summed E-state index contributed by atoms with van der Waals surface area (Å²) in [7, 11) is 1.65. The zero-order chi connectivity index (χ0) is 14.5. The molecule has 0 spiro atoms. The predicted octanol–water partition coefficient (Wildman–Crippen LogP) is 1.23. The Balaban J connectivity index is 2.55. The van der Waals surface area contributed by atoms with Crippen LogP contribution in [0.5, 0.6) is 0 Å². The largest absolute Gasteiger partial charge is 0.382 e. The first kappa shape index (κ1) is 16.4. The van der Waals surface area contributed by atoms with Crippen molar-refractivity contribution in [2.45, 2.75) is 45.8 Å². The van der Waals surface area contributed by atoms with Gasteiger partial charge in [0.2, 0.25) is 5.91 Å². The normalized spacial score (nSPS) is 27.6. The SMILES string of the molecule is CCC1(C)NC(C(C)C)N(CCOCCOC)C1=O. The van der Waals surface area contributed by atoms with E-state index >= 15 is 0 Å². The molecule has 1 fully saturated rings. The summed E-state index contributed by atoms with van der Waals surface area (Å²) in [6.07, 6.45) is 0.902. The lowest BCUT2D eigenvalue weighted by Crippen LogP contribution is -2.45. The van der Waals surface area contributed by atoms with Crippen LogP contribution in [0.1, 0.15) is 34.1 Å². The van der Waals surface area contributed by atoms with E-state index in [1.807, 2.05) is 18.7 Å². The standard InChI is InChI=1S/C14H28N2O3/c1-6-14(4)13(17)16(12(15-14)11(2)3)7-8-19-10-9-18-5/h11-12,15H,6-10H2,1-5H3. The van der Waals surface area contributed by atoms with E-state index in [4.69, 9.17) is 9.47 Å². The lowest BCUT2D eigenvalue weighted by Gasteiger charge is -2.27. The van der Waals surface area contributed by atoms with Crippen LogP contribution in [-0.4, -0.2) is 56.0 Å². The first-order valence-electron chi connectivity index (χ1n) is 7.11. The summed E-state index contributed by atoms with van der Waals surface area (Å²) in [5.74, 6) is 0.570. The van der Waals surface area contributed by atoms with Crippen LogP contribution < -0.4 is 5.32 Å². The van der Waals surface area contributed by atoms with Crippen LogP contribution >= 0.6 is 0 Å². The fraction of sp³-hybridized carbons (Fsp3) is 0.929. The van der Waals surface area contributed by atoms with Crippen molar-refractivity contribution in [2.75, 3.05) is 33.5 Å². The van der Waals surface area contributed by atoms with Crippen molar-refractivity contribution in [1.82, 2.24) is 10.2 Å². The smallest absolute Gasteiger partial charge is 0.243 e. The maximum absolute atomic E-state index is 12.5. The topological polar surface area (TPSA) is 50.8 Å². The van der Waals surface area contributed by atoms with Crippen LogP contribution in [0.4, 0.5) is 0 Å². The highest BCUT2D eigenvalue weighted by atomic mass is 16.5. The number of nitrogens with one attached hydrogen (secondary N) is 1. The van der Waals surface area contributed by atoms with Gasteiger partial charge in [0.05, 0.1) is 31.5 Å². The third kappa shape index (κ3) is 3.91. The van der Waals surface area contributed by atoms with Crippen molar-refractivity contribution in [3.05, 3.63) is 0 Å². The zero-order valence-electron chi connectivity index (χ0n) is 12.9. The molecule has 2 unspecified atom stereocenters. The van der Waals surface area contributed by atoms with Crippen molar-refractivity contribution in [2.24, 2.45) is 5.92 Å². The highest BCUT2D eigenvalue weighted by Gasteiger charge is 2.47. The number of nitrogens with zero attached hydrogens (tertiary/aromatic N) is 1. The molecule has 0 aromatic carbocycles. The van der Waals surface area contributed by atoms with Gasteiger partial charge in [-0.1, -0.05) is 20.8 Å². The first-order valence-corrected chi connectivity index (χ1v) is 7.11. The summed E-state index contributed by atoms with van der Waals surface area (Å²) < 4.78 is 10.4. The Hall–Kier alpha value is -0.650. The van der Waals surface area contributed by atoms with Crippen LogP contribution in [0, 0.1) is 5.92 Å². The molecule has 0 bridgehead atoms. The second-order valence-corrected chi connectivity index (χ2v) is 5.62. The van der Waals surface area contributed by atoms with Crippen molar-refractivity contribution >= 4 is 5.91 Å². The van der Waals surface area contributed by atoms with Crippen molar-refractivity contribution < 1.29 is 14.3 Å². The molecule has 1 saturated heterocycles. The summed E-state index contributed by atoms with van der Waals surface area (Å²) in [6.45, 7) is 10.6. The molecule has 1 heterocycles. The Bertz CT molecular complexity index is 296. The second-order valence-electron chi connectivity index (χ2n) is 5.62. The Morgan fingerprint density at radius 2 is 2.05 bits per heavy atom. The summed E-state index contributed by atoms with van der Waals surface area (Å²) in [5.41, 5.74) is -0.429. The number of ether oxygens (including phenoxy) is 2. The van der Waals surface area contributed by atoms with E-state index < -0.39 is 5.54 Å². The van der Waals surface area contributed by atoms with Crippen LogP contribution in [0.3, 0.4) is 0 Å². The minimum atomic E-state index is -0.429. The quantitative estimate of drug-likeness (QED) is 0.675. The van der Waals surface area contributed by atoms with E-state index in [0.717, 1.165) is 6.42 Å². The van der Waals surface area contributed by atoms with E-state index in [1.54, 1.807) is 7.11 Å². The molecule has 5 heteroatoms. The average Bonchev–Trinajstić information content (AvgIpc) is 2.64. The third-order valence-corrected chi connectivity index (χ3v) is 3.78. The minimum Gasteiger partial charge on any atom is -0.382 e. The lowest BCUT2D eigenvalue weighted by atomic mass is 9.99. The summed E-state index contributed by atoms with van der Waals surface area (Å²) >= 11 is 0. The van der Waals surface area contributed by atoms with Crippen molar-refractivity contribution in [3.63, 3.8) is 0 Å². The molecular weight excluding hydrogens is 244 g/mol. The Morgan fingerprint density at radius 3 is 2.58 bits per heavy atom. The predicted molar refractivity (Wildman–Crippen MR) is 74.9 cm³/mol. The van der Waals surface area contributed by atoms with Gasteiger partial charge in [0.15, 0.2) is 0 Å². The van der Waals surface area contributed by atoms with Gasteiger partial charge in [0.25, 0.3) is 0 Å². The average molecular weight is 272 g/mol. The van der Waals surface area contributed by atoms with Gasteiger partial charge in [-0.15, -0.1) is 0 Å². The molecule has 2 atom stereocenters. The van der Waals surface area contributed by atoms with Crippen LogP contribution in [0.25, 0.3) is 0 Å². The number of amides is 1. The number of hydrogen-bond donors (Lipinski definition) is 1. The monoisotopic (exact) mass is 272 g/mol. The second kappa shape index (κ2) is 7.22. The first-order chi connectivity index (χ1) is 8.96. The number of methoxy groups -OCH3 is 1. The zero-order valence-corrected chi connectivity index (χ0v) is 12.9. The van der Waals surface area contributed by atoms with Crippen molar-refractivity contribution in [1.29, 1.82) is 0 Å². The fourth-order valence-corrected chi connectivity index (χ4v) is 2.34. The molecule has 0 aromatic heterocycles. The van der Waals surface area contributed by atoms with Crippen molar-refractivity contribution in [3.8, 4) is 0 Å². The Morgan fingerprint density at radius 1 is 1.37 bits per heavy atom. The molecular formula is C14H28N2O3.